The minimum absolute atomic E-state index is 0.251. The summed E-state index contributed by atoms with van der Waals surface area (Å²) in [6, 6.07) is 8.10. The van der Waals surface area contributed by atoms with Crippen molar-refractivity contribution in [3.8, 4) is 0 Å². The van der Waals surface area contributed by atoms with Gasteiger partial charge in [-0.05, 0) is 18.1 Å². The topological polar surface area (TPSA) is 31.2 Å². The molecule has 76 valence electrons. The first-order valence-corrected chi connectivity index (χ1v) is 5.00. The third-order valence-electron chi connectivity index (χ3n) is 3.00. The molecular formula is C12H11NO2. The average Bonchev–Trinajstić information content (AvgIpc) is 2.84. The molecule has 0 bridgehead atoms. The number of benzene rings is 1. The molecule has 0 saturated carbocycles. The smallest absolute Gasteiger partial charge is 0.354 e. The van der Waals surface area contributed by atoms with Crippen LogP contribution >= 0.6 is 0 Å². The first-order chi connectivity index (χ1) is 7.31. The van der Waals surface area contributed by atoms with E-state index >= 15 is 0 Å². The zero-order valence-electron chi connectivity index (χ0n) is 8.49. The lowest BCUT2D eigenvalue weighted by molar-refractivity contribution is 0.0589. The van der Waals surface area contributed by atoms with Crippen LogP contribution in [0.1, 0.15) is 16.1 Å². The molecule has 15 heavy (non-hydrogen) atoms. The molecular weight excluding hydrogens is 190 g/mol. The Morgan fingerprint density at radius 1 is 1.47 bits per heavy atom. The van der Waals surface area contributed by atoms with Gasteiger partial charge < -0.3 is 9.30 Å². The molecule has 1 aliphatic rings. The first kappa shape index (κ1) is 8.53. The highest BCUT2D eigenvalue weighted by Gasteiger charge is 2.21. The maximum absolute atomic E-state index is 11.5. The number of aryl methyl sites for hydroxylation is 2. The highest BCUT2D eigenvalue weighted by atomic mass is 16.5. The second-order valence-electron chi connectivity index (χ2n) is 3.78. The number of aromatic nitrogens is 1. The van der Waals surface area contributed by atoms with Gasteiger partial charge in [0.05, 0.1) is 12.6 Å². The van der Waals surface area contributed by atoms with E-state index in [0.717, 1.165) is 18.4 Å². The van der Waals surface area contributed by atoms with Crippen molar-refractivity contribution in [3.63, 3.8) is 0 Å². The van der Waals surface area contributed by atoms with Crippen LogP contribution in [0.25, 0.3) is 10.9 Å². The van der Waals surface area contributed by atoms with E-state index in [4.69, 9.17) is 4.74 Å². The largest absolute Gasteiger partial charge is 0.464 e. The predicted octanol–water partition coefficient (Wildman–Crippen LogP) is 1.98. The normalized spacial score (nSPS) is 13.4. The molecule has 1 aromatic heterocycles. The van der Waals surface area contributed by atoms with Gasteiger partial charge in [0.1, 0.15) is 5.69 Å². The quantitative estimate of drug-likeness (QED) is 0.660. The van der Waals surface area contributed by atoms with Gasteiger partial charge in [0.25, 0.3) is 0 Å². The van der Waals surface area contributed by atoms with Crippen LogP contribution in [0.2, 0.25) is 0 Å². The van der Waals surface area contributed by atoms with Gasteiger partial charge in [-0.25, -0.2) is 4.79 Å². The van der Waals surface area contributed by atoms with Crippen molar-refractivity contribution >= 4 is 16.9 Å². The average molecular weight is 201 g/mol. The molecule has 0 unspecified atom stereocenters. The predicted molar refractivity (Wildman–Crippen MR) is 57.0 cm³/mol. The summed E-state index contributed by atoms with van der Waals surface area (Å²) in [5, 5.41) is 1.13. The van der Waals surface area contributed by atoms with Crippen molar-refractivity contribution in [2.75, 3.05) is 7.11 Å². The summed E-state index contributed by atoms with van der Waals surface area (Å²) >= 11 is 0. The van der Waals surface area contributed by atoms with Gasteiger partial charge in [0, 0.05) is 11.9 Å². The van der Waals surface area contributed by atoms with Crippen molar-refractivity contribution in [2.24, 2.45) is 0 Å². The molecule has 0 aliphatic carbocycles. The monoisotopic (exact) mass is 201 g/mol. The summed E-state index contributed by atoms with van der Waals surface area (Å²) in [6.45, 7) is 0.882. The van der Waals surface area contributed by atoms with Crippen molar-refractivity contribution in [1.29, 1.82) is 0 Å². The fraction of sp³-hybridized carbons (Fsp3) is 0.250. The van der Waals surface area contributed by atoms with E-state index in [1.165, 1.54) is 18.2 Å². The molecule has 1 aromatic carbocycles. The van der Waals surface area contributed by atoms with Crippen LogP contribution in [0.3, 0.4) is 0 Å². The zero-order chi connectivity index (χ0) is 10.4. The number of methoxy groups -OCH3 is 1. The van der Waals surface area contributed by atoms with E-state index in [9.17, 15) is 4.79 Å². The number of ether oxygens (including phenoxy) is 1. The van der Waals surface area contributed by atoms with Crippen LogP contribution in [0, 0.1) is 0 Å². The van der Waals surface area contributed by atoms with Gasteiger partial charge >= 0.3 is 5.97 Å². The molecule has 3 nitrogen and oxygen atoms in total. The van der Waals surface area contributed by atoms with Gasteiger partial charge in [-0.15, -0.1) is 0 Å². The summed E-state index contributed by atoms with van der Waals surface area (Å²) in [4.78, 5) is 11.5. The molecule has 0 spiro atoms. The fourth-order valence-electron chi connectivity index (χ4n) is 2.34. The summed E-state index contributed by atoms with van der Waals surface area (Å²) in [6.07, 6.45) is 1.01. The Balaban J connectivity index is 2.34. The zero-order valence-corrected chi connectivity index (χ0v) is 8.49. The van der Waals surface area contributed by atoms with E-state index in [0.29, 0.717) is 5.69 Å². The third kappa shape index (κ3) is 1.03. The van der Waals surface area contributed by atoms with Gasteiger partial charge in [-0.1, -0.05) is 18.2 Å². The molecule has 3 heteroatoms. The van der Waals surface area contributed by atoms with Crippen molar-refractivity contribution in [3.05, 3.63) is 35.5 Å². The van der Waals surface area contributed by atoms with E-state index in [1.54, 1.807) is 0 Å². The highest BCUT2D eigenvalue weighted by Crippen LogP contribution is 2.29. The van der Waals surface area contributed by atoms with E-state index < -0.39 is 0 Å². The Kier molecular flexibility index (Phi) is 1.63. The number of nitrogens with zero attached hydrogens (tertiary/aromatic N) is 1. The van der Waals surface area contributed by atoms with Gasteiger partial charge in [-0.3, -0.25) is 0 Å². The van der Waals surface area contributed by atoms with E-state index in [1.807, 2.05) is 18.2 Å². The van der Waals surface area contributed by atoms with Crippen LogP contribution in [-0.4, -0.2) is 17.6 Å². The molecule has 0 atom stereocenters. The lowest BCUT2D eigenvalue weighted by atomic mass is 10.1. The summed E-state index contributed by atoms with van der Waals surface area (Å²) in [5.74, 6) is -0.251. The molecule has 0 N–H and O–H groups in total. The van der Waals surface area contributed by atoms with Crippen LogP contribution < -0.4 is 0 Å². The van der Waals surface area contributed by atoms with Gasteiger partial charge in [0.15, 0.2) is 0 Å². The molecule has 0 fully saturated rings. The van der Waals surface area contributed by atoms with E-state index in [-0.39, 0.29) is 5.97 Å². The summed E-state index contributed by atoms with van der Waals surface area (Å²) in [7, 11) is 1.42. The van der Waals surface area contributed by atoms with Crippen molar-refractivity contribution < 1.29 is 9.53 Å². The number of hydrogen-bond donors (Lipinski definition) is 0. The van der Waals surface area contributed by atoms with Crippen LogP contribution in [0.15, 0.2) is 24.3 Å². The fourth-order valence-corrected chi connectivity index (χ4v) is 2.34. The number of hydrogen-bond acceptors (Lipinski definition) is 2. The number of rotatable bonds is 1. The molecule has 0 radical (unpaired) electrons. The highest BCUT2D eigenvalue weighted by molar-refractivity contribution is 5.97. The molecule has 0 amide bonds. The van der Waals surface area contributed by atoms with Crippen LogP contribution in [0.4, 0.5) is 0 Å². The third-order valence-corrected chi connectivity index (χ3v) is 3.00. The molecule has 3 rings (SSSR count). The lowest BCUT2D eigenvalue weighted by Crippen LogP contribution is -2.08. The minimum Gasteiger partial charge on any atom is -0.464 e. The lowest BCUT2D eigenvalue weighted by Gasteiger charge is -2.01. The van der Waals surface area contributed by atoms with Crippen LogP contribution in [-0.2, 0) is 17.7 Å². The molecule has 2 aromatic rings. The Hall–Kier alpha value is -1.77. The molecule has 1 aliphatic heterocycles. The number of carbonyl (C=O) groups is 1. The van der Waals surface area contributed by atoms with Gasteiger partial charge in [0.2, 0.25) is 0 Å². The first-order valence-electron chi connectivity index (χ1n) is 5.00. The molecule has 2 heterocycles. The maximum Gasteiger partial charge on any atom is 0.354 e. The molecule has 0 saturated heterocycles. The summed E-state index contributed by atoms with van der Waals surface area (Å²) in [5.41, 5.74) is 3.18. The van der Waals surface area contributed by atoms with Crippen molar-refractivity contribution in [1.82, 2.24) is 4.57 Å². The van der Waals surface area contributed by atoms with E-state index in [2.05, 4.69) is 10.6 Å². The number of para-hydroxylation sites is 1. The standard InChI is InChI=1S/C12H11NO2/c1-15-12(14)10-7-9-4-2-3-8-5-6-13(10)11(8)9/h2-4,7H,5-6H2,1H3. The summed E-state index contributed by atoms with van der Waals surface area (Å²) < 4.78 is 6.82. The number of carbonyl (C=O) groups excluding carboxylic acids is 1. The van der Waals surface area contributed by atoms with Crippen molar-refractivity contribution in [2.45, 2.75) is 13.0 Å². The SMILES string of the molecule is COC(=O)c1cc2cccc3c2n1CC3. The maximum atomic E-state index is 11.5. The minimum atomic E-state index is -0.251. The second-order valence-corrected chi connectivity index (χ2v) is 3.78. The second kappa shape index (κ2) is 2.86. The Labute approximate surface area is 87.3 Å². The Morgan fingerprint density at radius 3 is 3.13 bits per heavy atom. The van der Waals surface area contributed by atoms with Crippen LogP contribution in [0.5, 0.6) is 0 Å². The van der Waals surface area contributed by atoms with Gasteiger partial charge in [-0.2, -0.15) is 0 Å². The Morgan fingerprint density at radius 2 is 2.33 bits per heavy atom. The number of esters is 1. The Bertz CT molecular complexity index is 554.